The van der Waals surface area contributed by atoms with Crippen molar-refractivity contribution in [2.24, 2.45) is 0 Å². The molecular formula is C19H24N2OS. The average Bonchev–Trinajstić information content (AvgIpc) is 3.04. The van der Waals surface area contributed by atoms with Gasteiger partial charge in [0.1, 0.15) is 0 Å². The van der Waals surface area contributed by atoms with Crippen molar-refractivity contribution in [1.82, 2.24) is 0 Å². The van der Waals surface area contributed by atoms with Crippen LogP contribution in [-0.2, 0) is 11.2 Å². The highest BCUT2D eigenvalue weighted by Gasteiger charge is 2.17. The second kappa shape index (κ2) is 7.64. The highest BCUT2D eigenvalue weighted by Crippen LogP contribution is 2.31. The number of carbonyl (C=O) groups excluding carboxylic acids is 1. The summed E-state index contributed by atoms with van der Waals surface area (Å²) in [6.45, 7) is 1.57. The Hall–Kier alpha value is -1.81. The first kappa shape index (κ1) is 16.1. The SMILES string of the molecule is CC(=O)Nc1cccc(NC2CCCCC2)c1Cc1cccs1. The van der Waals surface area contributed by atoms with Gasteiger partial charge in [0, 0.05) is 41.2 Å². The summed E-state index contributed by atoms with van der Waals surface area (Å²) in [5, 5.41) is 8.82. The van der Waals surface area contributed by atoms with Crippen molar-refractivity contribution in [3.63, 3.8) is 0 Å². The summed E-state index contributed by atoms with van der Waals surface area (Å²) < 4.78 is 0. The first-order chi connectivity index (χ1) is 11.2. The quantitative estimate of drug-likeness (QED) is 0.807. The van der Waals surface area contributed by atoms with Crippen LogP contribution in [0.3, 0.4) is 0 Å². The summed E-state index contributed by atoms with van der Waals surface area (Å²) in [6, 6.07) is 10.9. The van der Waals surface area contributed by atoms with Gasteiger partial charge in [-0.2, -0.15) is 0 Å². The zero-order chi connectivity index (χ0) is 16.1. The topological polar surface area (TPSA) is 41.1 Å². The monoisotopic (exact) mass is 328 g/mol. The standard InChI is InChI=1S/C19H24N2OS/c1-14(22)20-18-10-5-11-19(21-15-7-3-2-4-8-15)17(18)13-16-9-6-12-23-16/h5-6,9-12,15,21H,2-4,7-8,13H2,1H3,(H,20,22). The average molecular weight is 328 g/mol. The van der Waals surface area contributed by atoms with Gasteiger partial charge in [-0.1, -0.05) is 31.4 Å². The summed E-state index contributed by atoms with van der Waals surface area (Å²) in [4.78, 5) is 12.9. The molecule has 1 aliphatic carbocycles. The van der Waals surface area contributed by atoms with E-state index >= 15 is 0 Å². The molecule has 1 fully saturated rings. The van der Waals surface area contributed by atoms with Crippen molar-refractivity contribution in [1.29, 1.82) is 0 Å². The van der Waals surface area contributed by atoms with Crippen LogP contribution in [0.4, 0.5) is 11.4 Å². The molecule has 122 valence electrons. The maximum absolute atomic E-state index is 11.5. The van der Waals surface area contributed by atoms with Crippen molar-refractivity contribution < 1.29 is 4.79 Å². The molecule has 0 saturated heterocycles. The maximum atomic E-state index is 11.5. The van der Waals surface area contributed by atoms with Gasteiger partial charge in [-0.25, -0.2) is 0 Å². The Morgan fingerprint density at radius 1 is 1.13 bits per heavy atom. The second-order valence-electron chi connectivity index (χ2n) is 6.25. The van der Waals surface area contributed by atoms with E-state index in [2.05, 4.69) is 34.2 Å². The minimum absolute atomic E-state index is 0.0211. The predicted molar refractivity (Wildman–Crippen MR) is 98.4 cm³/mol. The van der Waals surface area contributed by atoms with Crippen LogP contribution in [0.2, 0.25) is 0 Å². The summed E-state index contributed by atoms with van der Waals surface area (Å²) in [7, 11) is 0. The van der Waals surface area contributed by atoms with E-state index in [1.165, 1.54) is 42.5 Å². The van der Waals surface area contributed by atoms with Crippen molar-refractivity contribution in [2.75, 3.05) is 10.6 Å². The Morgan fingerprint density at radius 2 is 1.91 bits per heavy atom. The van der Waals surface area contributed by atoms with Gasteiger partial charge in [-0.05, 0) is 36.4 Å². The van der Waals surface area contributed by atoms with Crippen LogP contribution in [0.1, 0.15) is 49.5 Å². The zero-order valence-electron chi connectivity index (χ0n) is 13.6. The number of amides is 1. The molecule has 1 aliphatic rings. The van der Waals surface area contributed by atoms with Gasteiger partial charge in [-0.15, -0.1) is 11.3 Å². The molecule has 0 spiro atoms. The smallest absolute Gasteiger partial charge is 0.221 e. The third-order valence-corrected chi connectivity index (χ3v) is 5.26. The number of carbonyl (C=O) groups is 1. The molecule has 0 radical (unpaired) electrons. The van der Waals surface area contributed by atoms with Gasteiger partial charge in [0.25, 0.3) is 0 Å². The Morgan fingerprint density at radius 3 is 2.61 bits per heavy atom. The fraction of sp³-hybridized carbons (Fsp3) is 0.421. The number of benzene rings is 1. The maximum Gasteiger partial charge on any atom is 0.221 e. The molecule has 1 saturated carbocycles. The Balaban J connectivity index is 1.87. The number of thiophene rings is 1. The number of nitrogens with one attached hydrogen (secondary N) is 2. The highest BCUT2D eigenvalue weighted by atomic mass is 32.1. The number of hydrogen-bond donors (Lipinski definition) is 2. The molecule has 4 heteroatoms. The molecule has 2 aromatic rings. The first-order valence-corrected chi connectivity index (χ1v) is 9.29. The van der Waals surface area contributed by atoms with Crippen LogP contribution in [-0.4, -0.2) is 11.9 Å². The van der Waals surface area contributed by atoms with Gasteiger partial charge in [-0.3, -0.25) is 4.79 Å². The lowest BCUT2D eigenvalue weighted by Gasteiger charge is -2.26. The molecule has 0 unspecified atom stereocenters. The van der Waals surface area contributed by atoms with Crippen LogP contribution in [0.5, 0.6) is 0 Å². The molecule has 0 aliphatic heterocycles. The molecule has 23 heavy (non-hydrogen) atoms. The lowest BCUT2D eigenvalue weighted by Crippen LogP contribution is -2.23. The minimum atomic E-state index is -0.0211. The third-order valence-electron chi connectivity index (χ3n) is 4.38. The van der Waals surface area contributed by atoms with E-state index in [9.17, 15) is 4.79 Å². The lowest BCUT2D eigenvalue weighted by atomic mass is 9.94. The number of hydrogen-bond acceptors (Lipinski definition) is 3. The molecule has 0 bridgehead atoms. The van der Waals surface area contributed by atoms with Gasteiger partial charge < -0.3 is 10.6 Å². The van der Waals surface area contributed by atoms with E-state index in [-0.39, 0.29) is 5.91 Å². The minimum Gasteiger partial charge on any atom is -0.382 e. The molecule has 2 N–H and O–H groups in total. The van der Waals surface area contributed by atoms with Gasteiger partial charge in [0.05, 0.1) is 0 Å². The molecule has 3 rings (SSSR count). The van der Waals surface area contributed by atoms with Crippen LogP contribution >= 0.6 is 11.3 Å². The van der Waals surface area contributed by atoms with Gasteiger partial charge >= 0.3 is 0 Å². The van der Waals surface area contributed by atoms with Crippen LogP contribution in [0, 0.1) is 0 Å². The van der Waals surface area contributed by atoms with Crippen molar-refractivity contribution in [3.8, 4) is 0 Å². The van der Waals surface area contributed by atoms with Crippen LogP contribution in [0.15, 0.2) is 35.7 Å². The van der Waals surface area contributed by atoms with Gasteiger partial charge in [0.15, 0.2) is 0 Å². The van der Waals surface area contributed by atoms with E-state index in [0.717, 1.165) is 17.8 Å². The molecule has 1 aromatic carbocycles. The zero-order valence-corrected chi connectivity index (χ0v) is 14.4. The molecule has 1 heterocycles. The Labute approximate surface area is 142 Å². The highest BCUT2D eigenvalue weighted by molar-refractivity contribution is 7.09. The van der Waals surface area contributed by atoms with E-state index in [4.69, 9.17) is 0 Å². The third kappa shape index (κ3) is 4.35. The molecule has 1 amide bonds. The Bertz CT molecular complexity index is 645. The van der Waals surface area contributed by atoms with Crippen molar-refractivity contribution >= 4 is 28.6 Å². The number of rotatable bonds is 5. The van der Waals surface area contributed by atoms with E-state index < -0.39 is 0 Å². The molecular weight excluding hydrogens is 304 g/mol. The molecule has 3 nitrogen and oxygen atoms in total. The molecule has 0 atom stereocenters. The summed E-state index contributed by atoms with van der Waals surface area (Å²) >= 11 is 1.76. The summed E-state index contributed by atoms with van der Waals surface area (Å²) in [5.41, 5.74) is 3.28. The fourth-order valence-corrected chi connectivity index (χ4v) is 3.99. The van der Waals surface area contributed by atoms with Crippen LogP contribution < -0.4 is 10.6 Å². The predicted octanol–water partition coefficient (Wildman–Crippen LogP) is 5.04. The summed E-state index contributed by atoms with van der Waals surface area (Å²) in [6.07, 6.45) is 7.30. The van der Waals surface area contributed by atoms with E-state index in [0.29, 0.717) is 6.04 Å². The fourth-order valence-electron chi connectivity index (χ4n) is 3.27. The van der Waals surface area contributed by atoms with E-state index in [1.807, 2.05) is 12.1 Å². The first-order valence-electron chi connectivity index (χ1n) is 8.41. The Kier molecular flexibility index (Phi) is 5.34. The van der Waals surface area contributed by atoms with Crippen molar-refractivity contribution in [2.45, 2.75) is 51.5 Å². The lowest BCUT2D eigenvalue weighted by molar-refractivity contribution is -0.114. The largest absolute Gasteiger partial charge is 0.382 e. The van der Waals surface area contributed by atoms with Crippen LogP contribution in [0.25, 0.3) is 0 Å². The van der Waals surface area contributed by atoms with E-state index in [1.54, 1.807) is 18.3 Å². The van der Waals surface area contributed by atoms with Gasteiger partial charge in [0.2, 0.25) is 5.91 Å². The van der Waals surface area contributed by atoms with Crippen molar-refractivity contribution in [3.05, 3.63) is 46.2 Å². The summed E-state index contributed by atoms with van der Waals surface area (Å²) in [5.74, 6) is -0.0211. The normalized spacial score (nSPS) is 15.3. The molecule has 1 aromatic heterocycles. The second-order valence-corrected chi connectivity index (χ2v) is 7.28. The number of anilines is 2.